The number of benzene rings is 1. The highest BCUT2D eigenvalue weighted by Crippen LogP contribution is 2.32. The van der Waals surface area contributed by atoms with Crippen LogP contribution in [-0.4, -0.2) is 59.9 Å². The van der Waals surface area contributed by atoms with E-state index in [1.54, 1.807) is 4.90 Å². The molecule has 1 aliphatic carbocycles. The second-order valence-corrected chi connectivity index (χ2v) is 9.68. The fourth-order valence-electron chi connectivity index (χ4n) is 4.66. The summed E-state index contributed by atoms with van der Waals surface area (Å²) in [5, 5.41) is 20.4. The van der Waals surface area contributed by atoms with E-state index in [4.69, 9.17) is 10.6 Å². The van der Waals surface area contributed by atoms with Gasteiger partial charge >= 0.3 is 5.97 Å². The molecule has 3 rings (SSSR count). The number of nitrogens with two attached hydrogens (primary N) is 1. The predicted octanol–water partition coefficient (Wildman–Crippen LogP) is 3.46. The van der Waals surface area contributed by atoms with Gasteiger partial charge in [-0.25, -0.2) is 0 Å². The molecule has 0 bridgehead atoms. The van der Waals surface area contributed by atoms with E-state index >= 15 is 0 Å². The highest BCUT2D eigenvalue weighted by Gasteiger charge is 2.30. The highest BCUT2D eigenvalue weighted by atomic mass is 16.5. The zero-order chi connectivity index (χ0) is 26.8. The summed E-state index contributed by atoms with van der Waals surface area (Å²) in [4.78, 5) is 27.2. The molecular formula is C28H39N5O4. The van der Waals surface area contributed by atoms with Crippen molar-refractivity contribution in [2.75, 3.05) is 19.7 Å². The van der Waals surface area contributed by atoms with Crippen molar-refractivity contribution in [3.8, 4) is 0 Å². The lowest BCUT2D eigenvalue weighted by molar-refractivity contribution is -0.146. The van der Waals surface area contributed by atoms with Crippen LogP contribution in [0.3, 0.4) is 0 Å². The Kier molecular flexibility index (Phi) is 10.6. The molecule has 2 aliphatic rings. The number of amides is 1. The van der Waals surface area contributed by atoms with Crippen molar-refractivity contribution in [1.29, 1.82) is 0 Å². The van der Waals surface area contributed by atoms with Crippen molar-refractivity contribution in [2.45, 2.75) is 71.2 Å². The second-order valence-electron chi connectivity index (χ2n) is 9.68. The Labute approximate surface area is 219 Å². The third-order valence-corrected chi connectivity index (χ3v) is 6.34. The fourth-order valence-corrected chi connectivity index (χ4v) is 4.66. The molecule has 4 N–H and O–H groups in total. The van der Waals surface area contributed by atoms with Crippen LogP contribution in [0.15, 0.2) is 64.0 Å². The first kappa shape index (κ1) is 28.3. The number of allylic oxidation sites excluding steroid dienone is 2. The van der Waals surface area contributed by atoms with Gasteiger partial charge in [0.1, 0.15) is 6.17 Å². The monoisotopic (exact) mass is 509 g/mol. The van der Waals surface area contributed by atoms with Crippen molar-refractivity contribution in [3.63, 3.8) is 0 Å². The number of aliphatic hydroxyl groups is 1. The third kappa shape index (κ3) is 8.10. The number of hydrogen-bond acceptors (Lipinski definition) is 7. The third-order valence-electron chi connectivity index (χ3n) is 6.34. The lowest BCUT2D eigenvalue weighted by atomic mass is 9.88. The Balaban J connectivity index is 1.82. The summed E-state index contributed by atoms with van der Waals surface area (Å²) in [5.41, 5.74) is 4.77. The van der Waals surface area contributed by atoms with E-state index in [0.29, 0.717) is 37.9 Å². The SMILES string of the molecule is CCCN(CCCO)C(=O)C1=CC2=CC=C(c3ccc(CC(=O)OC(C)C)cc3)CC2NC(N=NN)C1. The molecule has 0 fully saturated rings. The van der Waals surface area contributed by atoms with Gasteiger partial charge in [0.05, 0.1) is 12.5 Å². The van der Waals surface area contributed by atoms with E-state index in [2.05, 4.69) is 21.7 Å². The number of nitrogens with zero attached hydrogens (tertiary/aromatic N) is 3. The molecule has 2 atom stereocenters. The van der Waals surface area contributed by atoms with Gasteiger partial charge in [0.15, 0.2) is 0 Å². The zero-order valence-electron chi connectivity index (χ0n) is 22.0. The molecule has 1 aromatic carbocycles. The first-order chi connectivity index (χ1) is 17.8. The van der Waals surface area contributed by atoms with E-state index in [9.17, 15) is 14.7 Å². The van der Waals surface area contributed by atoms with Crippen LogP contribution in [0.4, 0.5) is 0 Å². The minimum Gasteiger partial charge on any atom is -0.463 e. The minimum atomic E-state index is -0.425. The normalized spacial score (nSPS) is 19.5. The summed E-state index contributed by atoms with van der Waals surface area (Å²) < 4.78 is 5.24. The van der Waals surface area contributed by atoms with Crippen LogP contribution in [0, 0.1) is 0 Å². The van der Waals surface area contributed by atoms with Crippen LogP contribution in [-0.2, 0) is 20.7 Å². The van der Waals surface area contributed by atoms with Crippen LogP contribution in [0.2, 0.25) is 0 Å². The van der Waals surface area contributed by atoms with E-state index in [0.717, 1.165) is 28.7 Å². The smallest absolute Gasteiger partial charge is 0.310 e. The highest BCUT2D eigenvalue weighted by molar-refractivity contribution is 5.94. The average Bonchev–Trinajstić information content (AvgIpc) is 3.05. The number of carbonyl (C=O) groups is 2. The number of nitrogens with one attached hydrogen (secondary N) is 1. The molecule has 0 aromatic heterocycles. The first-order valence-electron chi connectivity index (χ1n) is 13.0. The van der Waals surface area contributed by atoms with Crippen molar-refractivity contribution < 1.29 is 19.4 Å². The number of rotatable bonds is 11. The Hall–Kier alpha value is -3.30. The quantitative estimate of drug-likeness (QED) is 0.181. The summed E-state index contributed by atoms with van der Waals surface area (Å²) in [6, 6.07) is 7.89. The van der Waals surface area contributed by atoms with Crippen molar-refractivity contribution in [1.82, 2.24) is 10.2 Å². The van der Waals surface area contributed by atoms with Gasteiger partial charge in [-0.05, 0) is 61.5 Å². The molecular weight excluding hydrogens is 470 g/mol. The summed E-state index contributed by atoms with van der Waals surface area (Å²) in [7, 11) is 0. The van der Waals surface area contributed by atoms with Gasteiger partial charge in [-0.3, -0.25) is 14.9 Å². The standard InChI is InChI=1S/C28H39N5O4/c1-4-12-33(13-5-14-34)28(36)24-16-23-11-10-22(17-25(23)30-26(18-24)31-32-29)21-8-6-20(7-9-21)15-27(35)37-19(2)3/h6-11,16,19,25-26,30,34H,4-5,12-15,17-18H2,1-3H3,(H2,29,31). The second kappa shape index (κ2) is 13.9. The Morgan fingerprint density at radius 1 is 1.19 bits per heavy atom. The molecule has 1 amide bonds. The molecule has 0 saturated carbocycles. The van der Waals surface area contributed by atoms with Crippen molar-refractivity contribution >= 4 is 17.4 Å². The van der Waals surface area contributed by atoms with Crippen molar-refractivity contribution in [3.05, 3.63) is 64.8 Å². The summed E-state index contributed by atoms with van der Waals surface area (Å²) in [6.07, 6.45) is 8.23. The molecule has 0 radical (unpaired) electrons. The van der Waals surface area contributed by atoms with E-state index in [1.165, 1.54) is 0 Å². The molecule has 1 aromatic rings. The largest absolute Gasteiger partial charge is 0.463 e. The van der Waals surface area contributed by atoms with Gasteiger partial charge in [0.2, 0.25) is 5.91 Å². The van der Waals surface area contributed by atoms with Crippen LogP contribution >= 0.6 is 0 Å². The Morgan fingerprint density at radius 2 is 1.95 bits per heavy atom. The van der Waals surface area contributed by atoms with Crippen molar-refractivity contribution in [2.24, 2.45) is 16.2 Å². The van der Waals surface area contributed by atoms with Crippen LogP contribution in [0.5, 0.6) is 0 Å². The molecule has 37 heavy (non-hydrogen) atoms. The molecule has 1 aliphatic heterocycles. The fraction of sp³-hybridized carbons (Fsp3) is 0.500. The number of aliphatic hydroxyl groups excluding tert-OH is 1. The van der Waals surface area contributed by atoms with Gasteiger partial charge in [-0.2, -0.15) is 5.11 Å². The summed E-state index contributed by atoms with van der Waals surface area (Å²) >= 11 is 0. The number of fused-ring (bicyclic) bond motifs is 1. The molecule has 200 valence electrons. The zero-order valence-corrected chi connectivity index (χ0v) is 22.0. The molecule has 0 spiro atoms. The molecule has 9 nitrogen and oxygen atoms in total. The predicted molar refractivity (Wildman–Crippen MR) is 143 cm³/mol. The van der Waals surface area contributed by atoms with Gasteiger partial charge < -0.3 is 20.6 Å². The number of ether oxygens (including phenoxy) is 1. The molecule has 0 saturated heterocycles. The molecule has 1 heterocycles. The average molecular weight is 510 g/mol. The molecule has 9 heteroatoms. The minimum absolute atomic E-state index is 0.0436. The summed E-state index contributed by atoms with van der Waals surface area (Å²) in [6.45, 7) is 6.89. The van der Waals surface area contributed by atoms with E-state index in [1.807, 2.05) is 57.2 Å². The Morgan fingerprint density at radius 3 is 2.59 bits per heavy atom. The lowest BCUT2D eigenvalue weighted by Gasteiger charge is -2.25. The maximum absolute atomic E-state index is 13.4. The lowest BCUT2D eigenvalue weighted by Crippen LogP contribution is -2.39. The van der Waals surface area contributed by atoms with Crippen LogP contribution < -0.4 is 11.2 Å². The van der Waals surface area contributed by atoms with E-state index < -0.39 is 6.17 Å². The van der Waals surface area contributed by atoms with Crippen LogP contribution in [0.1, 0.15) is 57.6 Å². The first-order valence-corrected chi connectivity index (χ1v) is 13.0. The molecule has 2 unspecified atom stereocenters. The number of carbonyl (C=O) groups excluding carboxylic acids is 2. The van der Waals surface area contributed by atoms with Gasteiger partial charge in [-0.15, -0.1) is 0 Å². The number of esters is 1. The van der Waals surface area contributed by atoms with Crippen LogP contribution in [0.25, 0.3) is 5.57 Å². The van der Waals surface area contributed by atoms with Gasteiger partial charge in [0.25, 0.3) is 0 Å². The van der Waals surface area contributed by atoms with E-state index in [-0.39, 0.29) is 37.0 Å². The maximum atomic E-state index is 13.4. The maximum Gasteiger partial charge on any atom is 0.310 e. The van der Waals surface area contributed by atoms with Gasteiger partial charge in [-0.1, -0.05) is 48.6 Å². The topological polar surface area (TPSA) is 130 Å². The van der Waals surface area contributed by atoms with Gasteiger partial charge in [0, 0.05) is 37.7 Å². The Bertz CT molecular complexity index is 1060. The number of hydrogen-bond donors (Lipinski definition) is 3. The summed E-state index contributed by atoms with van der Waals surface area (Å²) in [5.74, 6) is 5.10.